The highest BCUT2D eigenvalue weighted by Crippen LogP contribution is 2.29. The van der Waals surface area contributed by atoms with Gasteiger partial charge in [-0.1, -0.05) is 22.9 Å². The van der Waals surface area contributed by atoms with Crippen molar-refractivity contribution in [1.29, 1.82) is 0 Å². The molecule has 2 aromatic heterocycles. The van der Waals surface area contributed by atoms with Gasteiger partial charge in [-0.25, -0.2) is 9.78 Å². The molecule has 2 aromatic rings. The third kappa shape index (κ3) is 4.57. The molecule has 0 spiro atoms. The molecular formula is C13H9ClF3N3O4S. The number of thiazole rings is 1. The molecule has 1 amide bonds. The van der Waals surface area contributed by atoms with E-state index in [0.29, 0.717) is 16.8 Å². The van der Waals surface area contributed by atoms with Crippen LogP contribution in [-0.2, 0) is 22.3 Å². The first-order chi connectivity index (χ1) is 11.6. The van der Waals surface area contributed by atoms with Gasteiger partial charge in [0.25, 0.3) is 5.56 Å². The van der Waals surface area contributed by atoms with Crippen LogP contribution in [0.2, 0.25) is 5.02 Å². The van der Waals surface area contributed by atoms with Crippen LogP contribution in [0.1, 0.15) is 15.2 Å². The molecule has 25 heavy (non-hydrogen) atoms. The number of nitrogens with one attached hydrogen (secondary N) is 1. The number of hydrogen-bond donors (Lipinski definition) is 1. The second kappa shape index (κ2) is 7.23. The molecule has 12 heteroatoms. The molecule has 0 bridgehead atoms. The van der Waals surface area contributed by atoms with Gasteiger partial charge < -0.3 is 14.6 Å². The Morgan fingerprint density at radius 2 is 2.12 bits per heavy atom. The Kier molecular flexibility index (Phi) is 5.48. The number of carbonyl (C=O) groups excluding carboxylic acids is 2. The van der Waals surface area contributed by atoms with E-state index in [-0.39, 0.29) is 10.0 Å². The number of anilines is 1. The van der Waals surface area contributed by atoms with Gasteiger partial charge in [-0.2, -0.15) is 13.2 Å². The average molecular weight is 396 g/mol. The Morgan fingerprint density at radius 1 is 1.44 bits per heavy atom. The van der Waals surface area contributed by atoms with Crippen molar-refractivity contribution in [3.63, 3.8) is 0 Å². The van der Waals surface area contributed by atoms with Gasteiger partial charge in [0.1, 0.15) is 16.4 Å². The normalized spacial score (nSPS) is 11.2. The molecule has 1 N–H and O–H groups in total. The summed E-state index contributed by atoms with van der Waals surface area (Å²) in [7, 11) is 1.17. The van der Waals surface area contributed by atoms with Crippen LogP contribution in [0.25, 0.3) is 0 Å². The number of amides is 1. The van der Waals surface area contributed by atoms with E-state index in [1.807, 2.05) is 0 Å². The number of aromatic nitrogens is 2. The van der Waals surface area contributed by atoms with E-state index in [2.05, 4.69) is 15.0 Å². The van der Waals surface area contributed by atoms with Crippen molar-refractivity contribution in [3.05, 3.63) is 44.3 Å². The molecule has 7 nitrogen and oxygen atoms in total. The number of carbonyl (C=O) groups is 2. The number of halogens is 4. The summed E-state index contributed by atoms with van der Waals surface area (Å²) in [6.45, 7) is -0.713. The van der Waals surface area contributed by atoms with E-state index in [1.165, 1.54) is 13.3 Å². The molecule has 2 heterocycles. The van der Waals surface area contributed by atoms with Gasteiger partial charge in [0, 0.05) is 6.20 Å². The minimum Gasteiger partial charge on any atom is -0.465 e. The largest absolute Gasteiger partial charge is 0.465 e. The zero-order chi connectivity index (χ0) is 18.8. The van der Waals surface area contributed by atoms with Gasteiger partial charge >= 0.3 is 12.1 Å². The third-order valence-electron chi connectivity index (χ3n) is 2.82. The lowest BCUT2D eigenvalue weighted by atomic mass is 10.2. The van der Waals surface area contributed by atoms with E-state index >= 15 is 0 Å². The number of pyridine rings is 1. The summed E-state index contributed by atoms with van der Waals surface area (Å²) in [5.41, 5.74) is -2.11. The van der Waals surface area contributed by atoms with E-state index in [1.54, 1.807) is 0 Å². The summed E-state index contributed by atoms with van der Waals surface area (Å²) >= 11 is 6.30. The summed E-state index contributed by atoms with van der Waals surface area (Å²) in [6.07, 6.45) is -3.06. The minimum absolute atomic E-state index is 0.0246. The minimum atomic E-state index is -4.72. The van der Waals surface area contributed by atoms with Crippen LogP contribution in [-0.4, -0.2) is 28.5 Å². The summed E-state index contributed by atoms with van der Waals surface area (Å²) in [6, 6.07) is 0.488. The Morgan fingerprint density at radius 3 is 2.72 bits per heavy atom. The van der Waals surface area contributed by atoms with Crippen molar-refractivity contribution < 1.29 is 27.5 Å². The first-order valence-electron chi connectivity index (χ1n) is 6.43. The Balaban J connectivity index is 2.18. The highest BCUT2D eigenvalue weighted by molar-refractivity contribution is 7.17. The number of hydrogen-bond acceptors (Lipinski definition) is 6. The number of ether oxygens (including phenoxy) is 1. The molecule has 0 aliphatic heterocycles. The molecule has 2 rings (SSSR count). The van der Waals surface area contributed by atoms with E-state index in [0.717, 1.165) is 11.3 Å². The predicted molar refractivity (Wildman–Crippen MR) is 82.8 cm³/mol. The van der Waals surface area contributed by atoms with E-state index < -0.39 is 40.7 Å². The van der Waals surface area contributed by atoms with Gasteiger partial charge in [-0.15, -0.1) is 0 Å². The van der Waals surface area contributed by atoms with Gasteiger partial charge in [0.05, 0.1) is 18.9 Å². The SMILES string of the molecule is COC(=O)c1cnc(NC(=O)Cn2cc(C(F)(F)F)cc(Cl)c2=O)s1. The second-order valence-corrected chi connectivity index (χ2v) is 6.01. The smallest absolute Gasteiger partial charge is 0.417 e. The van der Waals surface area contributed by atoms with Crippen molar-refractivity contribution >= 4 is 39.9 Å². The van der Waals surface area contributed by atoms with Gasteiger partial charge in [-0.05, 0) is 6.07 Å². The van der Waals surface area contributed by atoms with Crippen LogP contribution in [0.3, 0.4) is 0 Å². The number of nitrogens with zero attached hydrogens (tertiary/aromatic N) is 2. The maximum atomic E-state index is 12.7. The predicted octanol–water partition coefficient (Wildman–Crippen LogP) is 2.40. The number of esters is 1. The first-order valence-corrected chi connectivity index (χ1v) is 7.62. The molecule has 0 aromatic carbocycles. The zero-order valence-corrected chi connectivity index (χ0v) is 14.0. The number of rotatable bonds is 4. The summed E-state index contributed by atoms with van der Waals surface area (Å²) in [4.78, 5) is 38.9. The van der Waals surface area contributed by atoms with Crippen molar-refractivity contribution in [1.82, 2.24) is 9.55 Å². The first kappa shape index (κ1) is 18.9. The van der Waals surface area contributed by atoms with Crippen molar-refractivity contribution in [2.75, 3.05) is 12.4 Å². The quantitative estimate of drug-likeness (QED) is 0.803. The molecule has 134 valence electrons. The number of methoxy groups -OCH3 is 1. The Bertz CT molecular complexity index is 878. The fourth-order valence-electron chi connectivity index (χ4n) is 1.71. The highest BCUT2D eigenvalue weighted by atomic mass is 35.5. The van der Waals surface area contributed by atoms with Crippen LogP contribution >= 0.6 is 22.9 Å². The van der Waals surface area contributed by atoms with E-state index in [9.17, 15) is 27.6 Å². The molecule has 0 radical (unpaired) electrons. The lowest BCUT2D eigenvalue weighted by Gasteiger charge is -2.11. The standard InChI is InChI=1S/C13H9ClF3N3O4S/c1-24-11(23)8-3-18-12(25-8)19-9(21)5-20-4-6(13(15,16)17)2-7(14)10(20)22/h2-4H,5H2,1H3,(H,18,19,21). The fourth-order valence-corrected chi connectivity index (χ4v) is 2.69. The molecule has 0 fully saturated rings. The van der Waals surface area contributed by atoms with Crippen LogP contribution in [0.5, 0.6) is 0 Å². The fraction of sp³-hybridized carbons (Fsp3) is 0.231. The van der Waals surface area contributed by atoms with Crippen LogP contribution < -0.4 is 10.9 Å². The van der Waals surface area contributed by atoms with Crippen molar-refractivity contribution in [2.45, 2.75) is 12.7 Å². The average Bonchev–Trinajstić information content (AvgIpc) is 2.98. The molecule has 0 unspecified atom stereocenters. The third-order valence-corrected chi connectivity index (χ3v) is 3.99. The summed E-state index contributed by atoms with van der Waals surface area (Å²) < 4.78 is 43.3. The zero-order valence-electron chi connectivity index (χ0n) is 12.4. The maximum Gasteiger partial charge on any atom is 0.417 e. The van der Waals surface area contributed by atoms with Crippen LogP contribution in [0, 0.1) is 0 Å². The monoisotopic (exact) mass is 395 g/mol. The van der Waals surface area contributed by atoms with Crippen molar-refractivity contribution in [2.24, 2.45) is 0 Å². The van der Waals surface area contributed by atoms with Gasteiger partial charge in [0.15, 0.2) is 5.13 Å². The molecule has 0 atom stereocenters. The molecule has 0 saturated carbocycles. The maximum absolute atomic E-state index is 12.7. The van der Waals surface area contributed by atoms with Gasteiger partial charge in [0.2, 0.25) is 5.91 Å². The van der Waals surface area contributed by atoms with E-state index in [4.69, 9.17) is 11.6 Å². The molecule has 0 aliphatic carbocycles. The Labute approximate surface area is 147 Å². The summed E-state index contributed by atoms with van der Waals surface area (Å²) in [5.74, 6) is -1.47. The summed E-state index contributed by atoms with van der Waals surface area (Å²) in [5, 5.41) is 1.63. The van der Waals surface area contributed by atoms with Crippen LogP contribution in [0.15, 0.2) is 23.3 Å². The topological polar surface area (TPSA) is 90.3 Å². The molecule has 0 aliphatic rings. The van der Waals surface area contributed by atoms with Crippen molar-refractivity contribution in [3.8, 4) is 0 Å². The molecular weight excluding hydrogens is 387 g/mol. The highest BCUT2D eigenvalue weighted by Gasteiger charge is 2.32. The van der Waals surface area contributed by atoms with Gasteiger partial charge in [-0.3, -0.25) is 9.59 Å². The lowest BCUT2D eigenvalue weighted by Crippen LogP contribution is -2.29. The molecule has 0 saturated heterocycles. The Hall–Kier alpha value is -2.40. The number of alkyl halides is 3. The van der Waals surface area contributed by atoms with Crippen LogP contribution in [0.4, 0.5) is 18.3 Å². The lowest BCUT2D eigenvalue weighted by molar-refractivity contribution is -0.138. The second-order valence-electron chi connectivity index (χ2n) is 4.58.